The SMILES string of the molecule is O=C(Cc1ccccc1)c1ccccc1.Oc1ccccc1.Oc1ccccc1. The van der Waals surface area contributed by atoms with Crippen LogP contribution < -0.4 is 0 Å². The van der Waals surface area contributed by atoms with Crippen LogP contribution in [0.4, 0.5) is 0 Å². The monoisotopic (exact) mass is 384 g/mol. The summed E-state index contributed by atoms with van der Waals surface area (Å²) in [4.78, 5) is 11.8. The van der Waals surface area contributed by atoms with Gasteiger partial charge in [0, 0.05) is 12.0 Å². The third-order valence-electron chi connectivity index (χ3n) is 3.82. The summed E-state index contributed by atoms with van der Waals surface area (Å²) >= 11 is 0. The largest absolute Gasteiger partial charge is 0.508 e. The standard InChI is InChI=1S/C14H12O.2C6H6O/c15-14(13-9-5-2-6-10-13)11-12-7-3-1-4-8-12;2*7-6-4-2-1-3-5-6/h1-10H,11H2;2*1-5,7H. The fourth-order valence-corrected chi connectivity index (χ4v) is 2.36. The molecular formula is C26H24O3. The van der Waals surface area contributed by atoms with Crippen molar-refractivity contribution in [1.82, 2.24) is 0 Å². The van der Waals surface area contributed by atoms with Crippen LogP contribution in [0.1, 0.15) is 15.9 Å². The quantitative estimate of drug-likeness (QED) is 0.433. The van der Waals surface area contributed by atoms with E-state index in [0.717, 1.165) is 11.1 Å². The predicted molar refractivity (Wildman–Crippen MR) is 117 cm³/mol. The Kier molecular flexibility index (Phi) is 9.26. The third-order valence-corrected chi connectivity index (χ3v) is 3.82. The number of hydrogen-bond donors (Lipinski definition) is 2. The molecule has 0 amide bonds. The van der Waals surface area contributed by atoms with Gasteiger partial charge in [-0.1, -0.05) is 97.1 Å². The number of Topliss-reactive ketones (excluding diaryl/α,β-unsaturated/α-hetero) is 1. The number of carbonyl (C=O) groups is 1. The van der Waals surface area contributed by atoms with Crippen molar-refractivity contribution in [2.75, 3.05) is 0 Å². The molecule has 0 aliphatic rings. The van der Waals surface area contributed by atoms with E-state index in [0.29, 0.717) is 17.9 Å². The Bertz CT molecular complexity index is 901. The first-order valence-electron chi connectivity index (χ1n) is 9.25. The zero-order valence-corrected chi connectivity index (χ0v) is 16.1. The lowest BCUT2D eigenvalue weighted by molar-refractivity contribution is 0.0993. The van der Waals surface area contributed by atoms with Crippen LogP contribution in [-0.4, -0.2) is 16.0 Å². The van der Waals surface area contributed by atoms with Crippen LogP contribution in [0.25, 0.3) is 0 Å². The van der Waals surface area contributed by atoms with Crippen molar-refractivity contribution < 1.29 is 15.0 Å². The Hall–Kier alpha value is -3.85. The summed E-state index contributed by atoms with van der Waals surface area (Å²) in [6, 6.07) is 36.6. The van der Waals surface area contributed by atoms with E-state index in [1.807, 2.05) is 72.8 Å². The molecule has 0 spiro atoms. The minimum atomic E-state index is 0.168. The van der Waals surface area contributed by atoms with Crippen LogP contribution in [0.5, 0.6) is 11.5 Å². The molecule has 4 aromatic rings. The molecule has 0 aliphatic heterocycles. The van der Waals surface area contributed by atoms with Gasteiger partial charge in [0.05, 0.1) is 0 Å². The molecule has 0 saturated carbocycles. The number of phenolic OH excluding ortho intramolecular Hbond substituents is 2. The number of benzene rings is 4. The number of para-hydroxylation sites is 2. The zero-order chi connectivity index (χ0) is 20.7. The van der Waals surface area contributed by atoms with Gasteiger partial charge in [-0.2, -0.15) is 0 Å². The lowest BCUT2D eigenvalue weighted by atomic mass is 10.0. The molecule has 0 unspecified atom stereocenters. The van der Waals surface area contributed by atoms with Crippen LogP contribution in [-0.2, 0) is 6.42 Å². The maximum Gasteiger partial charge on any atom is 0.167 e. The number of phenols is 2. The van der Waals surface area contributed by atoms with Gasteiger partial charge in [-0.25, -0.2) is 0 Å². The lowest BCUT2D eigenvalue weighted by Crippen LogP contribution is -2.02. The lowest BCUT2D eigenvalue weighted by Gasteiger charge is -2.00. The van der Waals surface area contributed by atoms with E-state index in [2.05, 4.69) is 0 Å². The maximum atomic E-state index is 11.8. The van der Waals surface area contributed by atoms with E-state index in [1.54, 1.807) is 48.5 Å². The fraction of sp³-hybridized carbons (Fsp3) is 0.0385. The van der Waals surface area contributed by atoms with Gasteiger partial charge in [0.25, 0.3) is 0 Å². The van der Waals surface area contributed by atoms with Gasteiger partial charge in [0.1, 0.15) is 11.5 Å². The first-order valence-corrected chi connectivity index (χ1v) is 9.25. The maximum absolute atomic E-state index is 11.8. The van der Waals surface area contributed by atoms with Gasteiger partial charge in [-0.05, 0) is 29.8 Å². The summed E-state index contributed by atoms with van der Waals surface area (Å²) in [5.74, 6) is 0.812. The Balaban J connectivity index is 0.000000178. The first kappa shape index (κ1) is 21.5. The molecule has 3 heteroatoms. The summed E-state index contributed by atoms with van der Waals surface area (Å²) in [5.41, 5.74) is 1.84. The van der Waals surface area contributed by atoms with Crippen LogP contribution in [0.3, 0.4) is 0 Å². The van der Waals surface area contributed by atoms with Crippen LogP contribution in [0.15, 0.2) is 121 Å². The zero-order valence-electron chi connectivity index (χ0n) is 16.1. The van der Waals surface area contributed by atoms with Crippen molar-refractivity contribution in [2.24, 2.45) is 0 Å². The molecule has 4 aromatic carbocycles. The van der Waals surface area contributed by atoms with Crippen LogP contribution >= 0.6 is 0 Å². The van der Waals surface area contributed by atoms with E-state index < -0.39 is 0 Å². The summed E-state index contributed by atoms with van der Waals surface area (Å²) < 4.78 is 0. The highest BCUT2D eigenvalue weighted by Gasteiger charge is 2.05. The smallest absolute Gasteiger partial charge is 0.167 e. The summed E-state index contributed by atoms with van der Waals surface area (Å²) in [7, 11) is 0. The number of rotatable bonds is 3. The summed E-state index contributed by atoms with van der Waals surface area (Å²) in [6.45, 7) is 0. The number of carbonyl (C=O) groups excluding carboxylic acids is 1. The Morgan fingerprint density at radius 3 is 1.21 bits per heavy atom. The molecule has 3 nitrogen and oxygen atoms in total. The molecular weight excluding hydrogens is 360 g/mol. The van der Waals surface area contributed by atoms with Crippen molar-refractivity contribution in [1.29, 1.82) is 0 Å². The topological polar surface area (TPSA) is 57.5 Å². The predicted octanol–water partition coefficient (Wildman–Crippen LogP) is 5.90. The van der Waals surface area contributed by atoms with E-state index >= 15 is 0 Å². The minimum Gasteiger partial charge on any atom is -0.508 e. The number of aromatic hydroxyl groups is 2. The second-order valence-electron chi connectivity index (χ2n) is 6.12. The van der Waals surface area contributed by atoms with Gasteiger partial charge >= 0.3 is 0 Å². The molecule has 0 fully saturated rings. The molecule has 4 rings (SSSR count). The van der Waals surface area contributed by atoms with Crippen LogP contribution in [0.2, 0.25) is 0 Å². The van der Waals surface area contributed by atoms with E-state index in [4.69, 9.17) is 10.2 Å². The average molecular weight is 384 g/mol. The summed E-state index contributed by atoms with van der Waals surface area (Å²) in [6.07, 6.45) is 0.477. The number of ketones is 1. The van der Waals surface area contributed by atoms with Crippen molar-refractivity contribution >= 4 is 5.78 Å². The van der Waals surface area contributed by atoms with Gasteiger partial charge in [-0.3, -0.25) is 4.79 Å². The van der Waals surface area contributed by atoms with Crippen molar-refractivity contribution in [3.05, 3.63) is 132 Å². The van der Waals surface area contributed by atoms with Gasteiger partial charge < -0.3 is 10.2 Å². The highest BCUT2D eigenvalue weighted by molar-refractivity contribution is 5.97. The molecule has 0 aromatic heterocycles. The van der Waals surface area contributed by atoms with Crippen LogP contribution in [0, 0.1) is 0 Å². The second kappa shape index (κ2) is 12.5. The van der Waals surface area contributed by atoms with E-state index in [9.17, 15) is 4.79 Å². The first-order chi connectivity index (χ1) is 14.1. The van der Waals surface area contributed by atoms with Crippen molar-refractivity contribution in [3.8, 4) is 11.5 Å². The highest BCUT2D eigenvalue weighted by Crippen LogP contribution is 2.07. The third kappa shape index (κ3) is 9.07. The summed E-state index contributed by atoms with van der Waals surface area (Å²) in [5, 5.41) is 17.3. The molecule has 0 heterocycles. The Labute approximate surface area is 171 Å². The Morgan fingerprint density at radius 1 is 0.517 bits per heavy atom. The minimum absolute atomic E-state index is 0.168. The molecule has 29 heavy (non-hydrogen) atoms. The molecule has 0 atom stereocenters. The number of hydrogen-bond acceptors (Lipinski definition) is 3. The van der Waals surface area contributed by atoms with E-state index in [1.165, 1.54) is 0 Å². The molecule has 146 valence electrons. The molecule has 0 bridgehead atoms. The highest BCUT2D eigenvalue weighted by atomic mass is 16.3. The van der Waals surface area contributed by atoms with Gasteiger partial charge in [0.15, 0.2) is 5.78 Å². The molecule has 0 aliphatic carbocycles. The van der Waals surface area contributed by atoms with Crippen molar-refractivity contribution in [2.45, 2.75) is 6.42 Å². The molecule has 0 saturated heterocycles. The van der Waals surface area contributed by atoms with Gasteiger partial charge in [-0.15, -0.1) is 0 Å². The normalized spacial score (nSPS) is 9.24. The average Bonchev–Trinajstić information content (AvgIpc) is 2.77. The second-order valence-corrected chi connectivity index (χ2v) is 6.12. The Morgan fingerprint density at radius 2 is 0.862 bits per heavy atom. The van der Waals surface area contributed by atoms with E-state index in [-0.39, 0.29) is 5.78 Å². The van der Waals surface area contributed by atoms with Crippen molar-refractivity contribution in [3.63, 3.8) is 0 Å². The molecule has 0 radical (unpaired) electrons. The molecule has 2 N–H and O–H groups in total. The fourth-order valence-electron chi connectivity index (χ4n) is 2.36. The van der Waals surface area contributed by atoms with Gasteiger partial charge in [0.2, 0.25) is 0 Å².